The quantitative estimate of drug-likeness (QED) is 0.0345. The normalized spacial score (nSPS) is 14.8. The lowest BCUT2D eigenvalue weighted by Gasteiger charge is -2.32. The summed E-state index contributed by atoms with van der Waals surface area (Å²) in [4.78, 5) is 29.5. The smallest absolute Gasteiger partial charge is 0.305 e. The zero-order valence-electron chi connectivity index (χ0n) is 39.3. The standard InChI is InChI=1S/C52H94N2O5/c1-6-9-22-31-48(4)38-46-58-51(55)36-27-20-16-12-14-18-25-34-50(57-45-30-29-40-54-43-41-53(5)42-44-54)35-26-19-15-13-17-21-28-37-52(56)59-47-39-49(32-23-10-7-2)33-24-11-8-3/h32,48-50H,2,6,8-9,11-22,24-31,33-47H2,1,3-5H3. The van der Waals surface area contributed by atoms with Crippen LogP contribution in [0.1, 0.15) is 213 Å². The fourth-order valence-corrected chi connectivity index (χ4v) is 8.03. The average Bonchev–Trinajstić information content (AvgIpc) is 3.22. The Labute approximate surface area is 365 Å². The lowest BCUT2D eigenvalue weighted by Crippen LogP contribution is -2.44. The van der Waals surface area contributed by atoms with E-state index in [4.69, 9.17) is 14.2 Å². The highest BCUT2D eigenvalue weighted by molar-refractivity contribution is 5.69. The number of unbranched alkanes of at least 4 members (excludes halogenated alkanes) is 17. The zero-order valence-corrected chi connectivity index (χ0v) is 39.3. The molecule has 1 saturated heterocycles. The molecule has 3 atom stereocenters. The maximum Gasteiger partial charge on any atom is 0.305 e. The summed E-state index contributed by atoms with van der Waals surface area (Å²) in [7, 11) is 2.22. The second-order valence-corrected chi connectivity index (χ2v) is 17.9. The van der Waals surface area contributed by atoms with Crippen molar-refractivity contribution < 1.29 is 23.8 Å². The summed E-state index contributed by atoms with van der Waals surface area (Å²) in [6.07, 6.45) is 36.5. The number of rotatable bonds is 41. The minimum Gasteiger partial charge on any atom is -0.466 e. The molecule has 59 heavy (non-hydrogen) atoms. The van der Waals surface area contributed by atoms with Gasteiger partial charge in [-0.05, 0) is 102 Å². The third-order valence-corrected chi connectivity index (χ3v) is 12.2. The highest BCUT2D eigenvalue weighted by Gasteiger charge is 2.14. The van der Waals surface area contributed by atoms with Gasteiger partial charge in [-0.2, -0.15) is 0 Å². The van der Waals surface area contributed by atoms with Crippen LogP contribution in [0.25, 0.3) is 0 Å². The van der Waals surface area contributed by atoms with Crippen LogP contribution in [0, 0.1) is 11.8 Å². The topological polar surface area (TPSA) is 68.3 Å². The largest absolute Gasteiger partial charge is 0.466 e. The number of carbonyl (C=O) groups is 2. The predicted molar refractivity (Wildman–Crippen MR) is 249 cm³/mol. The highest BCUT2D eigenvalue weighted by atomic mass is 16.5. The van der Waals surface area contributed by atoms with Crippen LogP contribution in [-0.2, 0) is 23.8 Å². The molecule has 7 heteroatoms. The molecule has 0 aromatic rings. The van der Waals surface area contributed by atoms with Gasteiger partial charge in [0.25, 0.3) is 0 Å². The van der Waals surface area contributed by atoms with E-state index in [0.29, 0.717) is 44.0 Å². The van der Waals surface area contributed by atoms with E-state index in [1.165, 1.54) is 161 Å². The van der Waals surface area contributed by atoms with Crippen molar-refractivity contribution in [2.75, 3.05) is 59.6 Å². The Hall–Kier alpha value is -2.10. The van der Waals surface area contributed by atoms with Gasteiger partial charge in [-0.1, -0.05) is 154 Å². The van der Waals surface area contributed by atoms with E-state index < -0.39 is 0 Å². The van der Waals surface area contributed by atoms with E-state index in [1.54, 1.807) is 0 Å². The van der Waals surface area contributed by atoms with Crippen molar-refractivity contribution >= 4 is 11.9 Å². The highest BCUT2D eigenvalue weighted by Crippen LogP contribution is 2.20. The molecule has 0 aliphatic carbocycles. The van der Waals surface area contributed by atoms with Crippen LogP contribution in [0.5, 0.6) is 0 Å². The van der Waals surface area contributed by atoms with Crippen LogP contribution in [0.2, 0.25) is 0 Å². The monoisotopic (exact) mass is 827 g/mol. The fraction of sp³-hybridized carbons (Fsp3) is 0.865. The molecule has 0 spiro atoms. The van der Waals surface area contributed by atoms with Gasteiger partial charge in [-0.25, -0.2) is 0 Å². The van der Waals surface area contributed by atoms with E-state index >= 15 is 0 Å². The van der Waals surface area contributed by atoms with Crippen LogP contribution >= 0.6 is 0 Å². The second-order valence-electron chi connectivity index (χ2n) is 17.9. The van der Waals surface area contributed by atoms with E-state index in [2.05, 4.69) is 61.4 Å². The molecule has 1 rings (SSSR count). The first-order valence-corrected chi connectivity index (χ1v) is 25.1. The maximum atomic E-state index is 12.3. The van der Waals surface area contributed by atoms with Crippen molar-refractivity contribution in [2.45, 2.75) is 219 Å². The molecular weight excluding hydrogens is 733 g/mol. The first-order valence-electron chi connectivity index (χ1n) is 25.1. The van der Waals surface area contributed by atoms with Crippen molar-refractivity contribution in [3.63, 3.8) is 0 Å². The van der Waals surface area contributed by atoms with Crippen molar-refractivity contribution in [1.82, 2.24) is 9.80 Å². The van der Waals surface area contributed by atoms with E-state index in [1.807, 2.05) is 6.08 Å². The molecule has 0 aromatic heterocycles. The number of carbonyl (C=O) groups excluding carboxylic acids is 2. The molecule has 1 aliphatic rings. The molecule has 3 unspecified atom stereocenters. The van der Waals surface area contributed by atoms with Gasteiger partial charge < -0.3 is 24.0 Å². The van der Waals surface area contributed by atoms with Gasteiger partial charge >= 0.3 is 11.9 Å². The van der Waals surface area contributed by atoms with Gasteiger partial charge in [0.05, 0.1) is 19.3 Å². The maximum absolute atomic E-state index is 12.3. The lowest BCUT2D eigenvalue weighted by molar-refractivity contribution is -0.145. The summed E-state index contributed by atoms with van der Waals surface area (Å²) in [5, 5.41) is 0. The molecule has 0 amide bonds. The molecule has 0 radical (unpaired) electrons. The van der Waals surface area contributed by atoms with Crippen LogP contribution in [-0.4, -0.2) is 87.4 Å². The summed E-state index contributed by atoms with van der Waals surface area (Å²) in [5.41, 5.74) is 8.42. The summed E-state index contributed by atoms with van der Waals surface area (Å²) >= 11 is 0. The number of likely N-dealkylation sites (N-methyl/N-ethyl adjacent to an activating group) is 1. The van der Waals surface area contributed by atoms with Crippen molar-refractivity contribution in [3.05, 3.63) is 29.8 Å². The minimum absolute atomic E-state index is 0.0105. The van der Waals surface area contributed by atoms with E-state index in [9.17, 15) is 9.59 Å². The van der Waals surface area contributed by atoms with Crippen LogP contribution in [0.4, 0.5) is 0 Å². The number of allylic oxidation sites excluding steroid dienone is 1. The number of esters is 2. The molecule has 0 N–H and O–H groups in total. The third-order valence-electron chi connectivity index (χ3n) is 12.2. The fourth-order valence-electron chi connectivity index (χ4n) is 8.03. The van der Waals surface area contributed by atoms with Crippen molar-refractivity contribution in [2.24, 2.45) is 11.8 Å². The molecule has 0 saturated carbocycles. The summed E-state index contributed by atoms with van der Waals surface area (Å²) in [6.45, 7) is 18.2. The first-order chi connectivity index (χ1) is 28.9. The SMILES string of the molecule is C=C=C=C=CC(CCCCC)CCOC(=O)CCCCCCCCCC(CCCCCCCCCC(=O)OCCC(C)CCCCC)OCCCCN1CCN(C)CC1. The Morgan fingerprint density at radius 1 is 0.593 bits per heavy atom. The Morgan fingerprint density at radius 3 is 1.66 bits per heavy atom. The number of nitrogens with zero attached hydrogens (tertiary/aromatic N) is 2. The van der Waals surface area contributed by atoms with Gasteiger partial charge in [0.15, 0.2) is 0 Å². The Bertz CT molecular complexity index is 1100. The molecule has 342 valence electrons. The van der Waals surface area contributed by atoms with Crippen molar-refractivity contribution in [1.29, 1.82) is 0 Å². The Balaban J connectivity index is 2.21. The molecule has 1 fully saturated rings. The third kappa shape index (κ3) is 36.3. The second kappa shape index (κ2) is 41.3. The van der Waals surface area contributed by atoms with Crippen LogP contribution in [0.15, 0.2) is 29.8 Å². The number of hydrogen-bond donors (Lipinski definition) is 0. The van der Waals surface area contributed by atoms with Crippen molar-refractivity contribution in [3.8, 4) is 0 Å². The van der Waals surface area contributed by atoms with Gasteiger partial charge in [-0.15, -0.1) is 0 Å². The molecular formula is C52H94N2O5. The summed E-state index contributed by atoms with van der Waals surface area (Å²) in [5.74, 6) is 0.933. The van der Waals surface area contributed by atoms with E-state index in [0.717, 1.165) is 58.0 Å². The number of piperazine rings is 1. The first kappa shape index (κ1) is 54.9. The molecule has 0 bridgehead atoms. The zero-order chi connectivity index (χ0) is 42.9. The van der Waals surface area contributed by atoms with Crippen LogP contribution in [0.3, 0.4) is 0 Å². The molecule has 1 heterocycles. The average molecular weight is 827 g/mol. The lowest BCUT2D eigenvalue weighted by atomic mass is 9.98. The summed E-state index contributed by atoms with van der Waals surface area (Å²) in [6, 6.07) is 0. The minimum atomic E-state index is -0.0595. The van der Waals surface area contributed by atoms with Gasteiger partial charge in [0.2, 0.25) is 0 Å². The van der Waals surface area contributed by atoms with E-state index in [-0.39, 0.29) is 11.9 Å². The Kier molecular flexibility index (Phi) is 38.4. The number of hydrogen-bond acceptors (Lipinski definition) is 7. The van der Waals surface area contributed by atoms with Crippen LogP contribution < -0.4 is 0 Å². The van der Waals surface area contributed by atoms with Gasteiger partial charge in [0, 0.05) is 45.6 Å². The predicted octanol–water partition coefficient (Wildman–Crippen LogP) is 13.4. The molecule has 0 aromatic carbocycles. The van der Waals surface area contributed by atoms with Gasteiger partial charge in [0.1, 0.15) is 0 Å². The molecule has 1 aliphatic heterocycles. The summed E-state index contributed by atoms with van der Waals surface area (Å²) < 4.78 is 17.6. The Morgan fingerprint density at radius 2 is 1.10 bits per heavy atom. The number of ether oxygens (including phenoxy) is 3. The van der Waals surface area contributed by atoms with Gasteiger partial charge in [-0.3, -0.25) is 9.59 Å². The molecule has 7 nitrogen and oxygen atoms in total.